The summed E-state index contributed by atoms with van der Waals surface area (Å²) >= 11 is 0. The van der Waals surface area contributed by atoms with Crippen LogP contribution in [0.4, 0.5) is 4.39 Å². The van der Waals surface area contributed by atoms with Crippen LogP contribution in [0.1, 0.15) is 11.7 Å². The van der Waals surface area contributed by atoms with Crippen molar-refractivity contribution in [2.45, 2.75) is 6.10 Å². The molecular formula is C12H13FO3. The van der Waals surface area contributed by atoms with Gasteiger partial charge in [0.25, 0.3) is 0 Å². The Morgan fingerprint density at radius 1 is 1.50 bits per heavy atom. The normalized spacial score (nSPS) is 13.9. The van der Waals surface area contributed by atoms with Crippen molar-refractivity contribution in [1.29, 1.82) is 0 Å². The van der Waals surface area contributed by atoms with Crippen molar-refractivity contribution in [3.63, 3.8) is 0 Å². The average molecular weight is 224 g/mol. The van der Waals surface area contributed by atoms with Gasteiger partial charge in [-0.05, 0) is 17.7 Å². The highest BCUT2D eigenvalue weighted by Crippen LogP contribution is 2.24. The molecule has 0 saturated heterocycles. The lowest BCUT2D eigenvalue weighted by Gasteiger charge is -2.17. The fraction of sp³-hybridized carbons (Fsp3) is 0.250. The second kappa shape index (κ2) is 5.42. The Balaban J connectivity index is 2.90. The van der Waals surface area contributed by atoms with E-state index in [-0.39, 0.29) is 0 Å². The van der Waals surface area contributed by atoms with Gasteiger partial charge in [-0.2, -0.15) is 0 Å². The number of ether oxygens (including phenoxy) is 1. The molecule has 1 N–H and O–H groups in total. The van der Waals surface area contributed by atoms with Crippen LogP contribution in [0.5, 0.6) is 0 Å². The fourth-order valence-corrected chi connectivity index (χ4v) is 1.36. The van der Waals surface area contributed by atoms with Crippen LogP contribution < -0.4 is 0 Å². The Labute approximate surface area is 93.2 Å². The van der Waals surface area contributed by atoms with E-state index in [1.54, 1.807) is 0 Å². The minimum atomic E-state index is -1.08. The molecule has 0 aliphatic carbocycles. The third kappa shape index (κ3) is 2.67. The van der Waals surface area contributed by atoms with E-state index in [1.807, 2.05) is 0 Å². The molecule has 0 saturated carbocycles. The summed E-state index contributed by atoms with van der Waals surface area (Å²) in [6.45, 7) is 3.46. The number of hydrogen-bond acceptors (Lipinski definition) is 3. The van der Waals surface area contributed by atoms with E-state index in [0.29, 0.717) is 5.56 Å². The highest BCUT2D eigenvalue weighted by atomic mass is 19.1. The van der Waals surface area contributed by atoms with E-state index in [1.165, 1.54) is 37.5 Å². The highest BCUT2D eigenvalue weighted by Gasteiger charge is 2.25. The van der Waals surface area contributed by atoms with Crippen molar-refractivity contribution in [3.8, 4) is 0 Å². The number of benzene rings is 1. The zero-order valence-electron chi connectivity index (χ0n) is 8.89. The second-order valence-corrected chi connectivity index (χ2v) is 3.28. The first-order valence-corrected chi connectivity index (χ1v) is 4.74. The van der Waals surface area contributed by atoms with Crippen molar-refractivity contribution >= 4 is 5.97 Å². The Morgan fingerprint density at radius 3 is 2.50 bits per heavy atom. The van der Waals surface area contributed by atoms with E-state index in [4.69, 9.17) is 0 Å². The first kappa shape index (κ1) is 12.4. The van der Waals surface area contributed by atoms with Gasteiger partial charge in [0.1, 0.15) is 11.7 Å². The molecule has 0 amide bonds. The molecule has 3 nitrogen and oxygen atoms in total. The van der Waals surface area contributed by atoms with Crippen LogP contribution in [0, 0.1) is 11.7 Å². The number of carbonyl (C=O) groups excluding carboxylic acids is 1. The van der Waals surface area contributed by atoms with Gasteiger partial charge in [-0.3, -0.25) is 4.79 Å². The van der Waals surface area contributed by atoms with E-state index in [9.17, 15) is 14.3 Å². The molecule has 86 valence electrons. The Morgan fingerprint density at radius 2 is 2.06 bits per heavy atom. The van der Waals surface area contributed by atoms with Crippen LogP contribution in [0.15, 0.2) is 36.9 Å². The predicted octanol–water partition coefficient (Wildman–Crippen LogP) is 1.83. The number of aliphatic hydroxyl groups excluding tert-OH is 1. The SMILES string of the molecule is C=CC(C(=O)OC)C(O)c1ccc(F)cc1. The summed E-state index contributed by atoms with van der Waals surface area (Å²) in [5.74, 6) is -1.83. The summed E-state index contributed by atoms with van der Waals surface area (Å²) in [5.41, 5.74) is 0.441. The molecule has 1 rings (SSSR count). The maximum Gasteiger partial charge on any atom is 0.315 e. The molecule has 0 radical (unpaired) electrons. The quantitative estimate of drug-likeness (QED) is 0.627. The van der Waals surface area contributed by atoms with Gasteiger partial charge in [0.2, 0.25) is 0 Å². The zero-order chi connectivity index (χ0) is 12.1. The molecule has 0 bridgehead atoms. The van der Waals surface area contributed by atoms with Crippen LogP contribution >= 0.6 is 0 Å². The summed E-state index contributed by atoms with van der Waals surface area (Å²) in [6, 6.07) is 5.27. The van der Waals surface area contributed by atoms with Crippen LogP contribution in [-0.4, -0.2) is 18.2 Å². The van der Waals surface area contributed by atoms with E-state index in [2.05, 4.69) is 11.3 Å². The minimum Gasteiger partial charge on any atom is -0.468 e. The average Bonchev–Trinajstić information content (AvgIpc) is 2.30. The predicted molar refractivity (Wildman–Crippen MR) is 57.1 cm³/mol. The standard InChI is InChI=1S/C12H13FO3/c1-3-10(12(15)16-2)11(14)8-4-6-9(13)7-5-8/h3-7,10-11,14H,1H2,2H3. The van der Waals surface area contributed by atoms with Gasteiger partial charge in [-0.15, -0.1) is 6.58 Å². The molecule has 0 aromatic heterocycles. The molecule has 0 heterocycles. The largest absolute Gasteiger partial charge is 0.468 e. The number of aliphatic hydroxyl groups is 1. The van der Waals surface area contributed by atoms with Crippen molar-refractivity contribution in [2.24, 2.45) is 5.92 Å². The van der Waals surface area contributed by atoms with Crippen LogP contribution in [0.3, 0.4) is 0 Å². The lowest BCUT2D eigenvalue weighted by atomic mass is 9.96. The number of rotatable bonds is 4. The number of hydrogen-bond donors (Lipinski definition) is 1. The van der Waals surface area contributed by atoms with Crippen molar-refractivity contribution in [2.75, 3.05) is 7.11 Å². The van der Waals surface area contributed by atoms with Gasteiger partial charge in [-0.1, -0.05) is 18.2 Å². The molecule has 1 aromatic carbocycles. The monoisotopic (exact) mass is 224 g/mol. The number of carbonyl (C=O) groups is 1. The second-order valence-electron chi connectivity index (χ2n) is 3.28. The molecule has 0 aliphatic heterocycles. The number of halogens is 1. The summed E-state index contributed by atoms with van der Waals surface area (Å²) in [6.07, 6.45) is 0.227. The molecule has 0 spiro atoms. The first-order chi connectivity index (χ1) is 7.60. The van der Waals surface area contributed by atoms with E-state index >= 15 is 0 Å². The molecular weight excluding hydrogens is 211 g/mol. The van der Waals surface area contributed by atoms with E-state index in [0.717, 1.165) is 0 Å². The van der Waals surface area contributed by atoms with Gasteiger partial charge in [0.15, 0.2) is 0 Å². The molecule has 4 heteroatoms. The maximum absolute atomic E-state index is 12.7. The molecule has 2 atom stereocenters. The third-order valence-corrected chi connectivity index (χ3v) is 2.28. The van der Waals surface area contributed by atoms with Gasteiger partial charge in [-0.25, -0.2) is 4.39 Å². The van der Waals surface area contributed by atoms with E-state index < -0.39 is 23.8 Å². The fourth-order valence-electron chi connectivity index (χ4n) is 1.36. The van der Waals surface area contributed by atoms with Gasteiger partial charge in [0, 0.05) is 0 Å². The lowest BCUT2D eigenvalue weighted by molar-refractivity contribution is -0.147. The Kier molecular flexibility index (Phi) is 4.19. The summed E-state index contributed by atoms with van der Waals surface area (Å²) in [7, 11) is 1.23. The zero-order valence-corrected chi connectivity index (χ0v) is 8.89. The van der Waals surface area contributed by atoms with Crippen molar-refractivity contribution in [1.82, 2.24) is 0 Å². The smallest absolute Gasteiger partial charge is 0.315 e. The number of esters is 1. The third-order valence-electron chi connectivity index (χ3n) is 2.28. The minimum absolute atomic E-state index is 0.399. The molecule has 2 unspecified atom stereocenters. The Hall–Kier alpha value is -1.68. The van der Waals surface area contributed by atoms with Crippen molar-refractivity contribution in [3.05, 3.63) is 48.3 Å². The van der Waals surface area contributed by atoms with Crippen molar-refractivity contribution < 1.29 is 19.0 Å². The molecule has 0 aliphatic rings. The first-order valence-electron chi connectivity index (χ1n) is 4.74. The van der Waals surface area contributed by atoms with Gasteiger partial charge >= 0.3 is 5.97 Å². The van der Waals surface area contributed by atoms with Crippen LogP contribution in [-0.2, 0) is 9.53 Å². The van der Waals surface area contributed by atoms with Crippen LogP contribution in [0.2, 0.25) is 0 Å². The van der Waals surface area contributed by atoms with Gasteiger partial charge < -0.3 is 9.84 Å². The maximum atomic E-state index is 12.7. The highest BCUT2D eigenvalue weighted by molar-refractivity contribution is 5.75. The number of methoxy groups -OCH3 is 1. The summed E-state index contributed by atoms with van der Waals surface area (Å²) in [4.78, 5) is 11.3. The summed E-state index contributed by atoms with van der Waals surface area (Å²) < 4.78 is 17.2. The Bertz CT molecular complexity index is 372. The molecule has 16 heavy (non-hydrogen) atoms. The molecule has 1 aromatic rings. The lowest BCUT2D eigenvalue weighted by Crippen LogP contribution is -2.21. The summed E-state index contributed by atoms with van der Waals surface area (Å²) in [5, 5.41) is 9.88. The topological polar surface area (TPSA) is 46.5 Å². The van der Waals surface area contributed by atoms with Crippen LogP contribution in [0.25, 0.3) is 0 Å². The molecule has 0 fully saturated rings. The van der Waals surface area contributed by atoms with Gasteiger partial charge in [0.05, 0.1) is 13.2 Å².